The lowest BCUT2D eigenvalue weighted by molar-refractivity contribution is 0.473. The second-order valence-corrected chi connectivity index (χ2v) is 6.91. The van der Waals surface area contributed by atoms with Crippen LogP contribution in [0.2, 0.25) is 0 Å². The van der Waals surface area contributed by atoms with E-state index in [1.165, 1.54) is 10.0 Å². The van der Waals surface area contributed by atoms with Gasteiger partial charge in [0.05, 0.1) is 0 Å². The van der Waals surface area contributed by atoms with Gasteiger partial charge >= 0.3 is 0 Å². The maximum Gasteiger partial charge on any atom is 0.0413 e. The largest absolute Gasteiger partial charge is 0.317 e. The highest BCUT2D eigenvalue weighted by molar-refractivity contribution is 9.10. The van der Waals surface area contributed by atoms with E-state index in [1.807, 2.05) is 6.20 Å². The molecule has 0 spiro atoms. The molecule has 1 aromatic carbocycles. The average molecular weight is 412 g/mol. The molecule has 4 heteroatoms. The van der Waals surface area contributed by atoms with Crippen LogP contribution in [0.15, 0.2) is 51.5 Å². The van der Waals surface area contributed by atoms with Crippen molar-refractivity contribution < 1.29 is 0 Å². The maximum atomic E-state index is 4.50. The van der Waals surface area contributed by atoms with Crippen molar-refractivity contribution in [3.63, 3.8) is 0 Å². The fraction of sp³-hybridized carbons (Fsp3) is 0.353. The van der Waals surface area contributed by atoms with Crippen LogP contribution in [0.4, 0.5) is 0 Å². The Bertz CT molecular complexity index is 555. The Morgan fingerprint density at radius 1 is 1.10 bits per heavy atom. The molecule has 0 aliphatic rings. The molecule has 0 aliphatic heterocycles. The Morgan fingerprint density at radius 3 is 2.57 bits per heavy atom. The zero-order chi connectivity index (χ0) is 15.1. The fourth-order valence-electron chi connectivity index (χ4n) is 2.36. The molecule has 0 aliphatic carbocycles. The molecular formula is C17H20Br2N2. The lowest BCUT2D eigenvalue weighted by Crippen LogP contribution is -2.26. The lowest BCUT2D eigenvalue weighted by atomic mass is 9.94. The van der Waals surface area contributed by atoms with Crippen molar-refractivity contribution in [2.75, 3.05) is 13.1 Å². The third-order valence-electron chi connectivity index (χ3n) is 3.44. The third-order valence-corrected chi connectivity index (χ3v) is 4.68. The second kappa shape index (κ2) is 8.66. The number of halogens is 2. The van der Waals surface area contributed by atoms with Gasteiger partial charge in [-0.25, -0.2) is 0 Å². The first-order valence-corrected chi connectivity index (χ1v) is 8.82. The summed E-state index contributed by atoms with van der Waals surface area (Å²) in [5.74, 6) is 0.539. The van der Waals surface area contributed by atoms with Gasteiger partial charge in [-0.3, -0.25) is 4.98 Å². The molecule has 0 fully saturated rings. The van der Waals surface area contributed by atoms with Crippen LogP contribution in [-0.4, -0.2) is 18.1 Å². The summed E-state index contributed by atoms with van der Waals surface area (Å²) in [6, 6.07) is 12.6. The summed E-state index contributed by atoms with van der Waals surface area (Å²) in [6.45, 7) is 4.16. The van der Waals surface area contributed by atoms with E-state index in [4.69, 9.17) is 0 Å². The smallest absolute Gasteiger partial charge is 0.0413 e. The van der Waals surface area contributed by atoms with Crippen molar-refractivity contribution in [2.45, 2.75) is 19.8 Å². The first-order valence-electron chi connectivity index (χ1n) is 7.23. The van der Waals surface area contributed by atoms with Crippen LogP contribution in [0, 0.1) is 5.92 Å². The Balaban J connectivity index is 2.07. The molecule has 21 heavy (non-hydrogen) atoms. The van der Waals surface area contributed by atoms with Crippen molar-refractivity contribution in [1.29, 1.82) is 0 Å². The Kier molecular flexibility index (Phi) is 6.87. The number of rotatable bonds is 7. The molecule has 0 saturated carbocycles. The highest BCUT2D eigenvalue weighted by atomic mass is 79.9. The minimum Gasteiger partial charge on any atom is -0.317 e. The number of hydrogen-bond donors (Lipinski definition) is 1. The molecule has 1 N–H and O–H groups in total. The summed E-state index contributed by atoms with van der Waals surface area (Å²) in [5.41, 5.74) is 2.51. The van der Waals surface area contributed by atoms with E-state index in [-0.39, 0.29) is 0 Å². The Labute approximate surface area is 143 Å². The number of aromatic nitrogens is 1. The van der Waals surface area contributed by atoms with Crippen molar-refractivity contribution >= 4 is 31.9 Å². The predicted molar refractivity (Wildman–Crippen MR) is 95.5 cm³/mol. The van der Waals surface area contributed by atoms with Crippen molar-refractivity contribution in [3.8, 4) is 0 Å². The van der Waals surface area contributed by atoms with Crippen LogP contribution >= 0.6 is 31.9 Å². The molecule has 1 aromatic heterocycles. The lowest BCUT2D eigenvalue weighted by Gasteiger charge is -2.18. The fourth-order valence-corrected chi connectivity index (χ4v) is 3.04. The first-order chi connectivity index (χ1) is 10.2. The molecule has 2 nitrogen and oxygen atoms in total. The standard InChI is InChI=1S/C17H20Br2N2/c1-2-20-11-13(9-14-5-3-4-6-17(14)19)10-16-8-7-15(18)12-21-16/h3-8,12-13,20H,2,9-11H2,1H3. The summed E-state index contributed by atoms with van der Waals surface area (Å²) in [5, 5.41) is 3.47. The average Bonchev–Trinajstić information content (AvgIpc) is 2.49. The van der Waals surface area contributed by atoms with Gasteiger partial charge in [0.25, 0.3) is 0 Å². The van der Waals surface area contributed by atoms with Gasteiger partial charge in [-0.1, -0.05) is 41.1 Å². The van der Waals surface area contributed by atoms with Crippen molar-refractivity contribution in [2.24, 2.45) is 5.92 Å². The van der Waals surface area contributed by atoms with E-state index in [1.54, 1.807) is 0 Å². The minimum absolute atomic E-state index is 0.539. The quantitative estimate of drug-likeness (QED) is 0.718. The highest BCUT2D eigenvalue weighted by Crippen LogP contribution is 2.21. The van der Waals surface area contributed by atoms with E-state index in [0.29, 0.717) is 5.92 Å². The van der Waals surface area contributed by atoms with E-state index in [0.717, 1.165) is 36.1 Å². The van der Waals surface area contributed by atoms with Gasteiger partial charge in [-0.15, -0.1) is 0 Å². The number of pyridine rings is 1. The third kappa shape index (κ3) is 5.53. The van der Waals surface area contributed by atoms with Crippen LogP contribution in [0.1, 0.15) is 18.2 Å². The van der Waals surface area contributed by atoms with Gasteiger partial charge in [0.15, 0.2) is 0 Å². The summed E-state index contributed by atoms with van der Waals surface area (Å²) < 4.78 is 2.22. The van der Waals surface area contributed by atoms with Crippen LogP contribution in [0.5, 0.6) is 0 Å². The van der Waals surface area contributed by atoms with Crippen molar-refractivity contribution in [3.05, 3.63) is 62.8 Å². The molecule has 0 radical (unpaired) electrons. The predicted octanol–water partition coefficient (Wildman–Crippen LogP) is 4.62. The molecule has 1 unspecified atom stereocenters. The van der Waals surface area contributed by atoms with E-state index < -0.39 is 0 Å². The maximum absolute atomic E-state index is 4.50. The number of hydrogen-bond acceptors (Lipinski definition) is 2. The Morgan fingerprint density at radius 2 is 1.90 bits per heavy atom. The van der Waals surface area contributed by atoms with Gasteiger partial charge in [0.2, 0.25) is 0 Å². The zero-order valence-corrected chi connectivity index (χ0v) is 15.3. The molecule has 2 rings (SSSR count). The van der Waals surface area contributed by atoms with Crippen molar-refractivity contribution in [1.82, 2.24) is 10.3 Å². The zero-order valence-electron chi connectivity index (χ0n) is 12.2. The van der Waals surface area contributed by atoms with Gasteiger partial charge in [-0.2, -0.15) is 0 Å². The number of benzene rings is 1. The monoisotopic (exact) mass is 410 g/mol. The van der Waals surface area contributed by atoms with Gasteiger partial charge < -0.3 is 5.32 Å². The van der Waals surface area contributed by atoms with Crippen LogP contribution in [0.3, 0.4) is 0 Å². The van der Waals surface area contributed by atoms with E-state index >= 15 is 0 Å². The highest BCUT2D eigenvalue weighted by Gasteiger charge is 2.13. The molecule has 2 aromatic rings. The summed E-state index contributed by atoms with van der Waals surface area (Å²) in [7, 11) is 0. The summed E-state index contributed by atoms with van der Waals surface area (Å²) >= 11 is 7.08. The molecule has 0 saturated heterocycles. The second-order valence-electron chi connectivity index (χ2n) is 5.14. The number of nitrogens with one attached hydrogen (secondary N) is 1. The van der Waals surface area contributed by atoms with Crippen LogP contribution in [0.25, 0.3) is 0 Å². The van der Waals surface area contributed by atoms with E-state index in [9.17, 15) is 0 Å². The number of nitrogens with zero attached hydrogens (tertiary/aromatic N) is 1. The Hall–Kier alpha value is -0.710. The van der Waals surface area contributed by atoms with Crippen LogP contribution in [-0.2, 0) is 12.8 Å². The molecule has 1 heterocycles. The molecule has 0 amide bonds. The SMILES string of the molecule is CCNCC(Cc1ccc(Br)cn1)Cc1ccccc1Br. The minimum atomic E-state index is 0.539. The molecule has 1 atom stereocenters. The van der Waals surface area contributed by atoms with Gasteiger partial charge in [-0.05, 0) is 71.5 Å². The van der Waals surface area contributed by atoms with E-state index in [2.05, 4.69) is 85.5 Å². The molecular weight excluding hydrogens is 392 g/mol. The normalized spacial score (nSPS) is 12.3. The van der Waals surface area contributed by atoms with Gasteiger partial charge in [0.1, 0.15) is 0 Å². The first kappa shape index (κ1) is 16.7. The van der Waals surface area contributed by atoms with Gasteiger partial charge in [0, 0.05) is 20.8 Å². The topological polar surface area (TPSA) is 24.9 Å². The molecule has 0 bridgehead atoms. The summed E-state index contributed by atoms with van der Waals surface area (Å²) in [6.07, 6.45) is 3.91. The van der Waals surface area contributed by atoms with Crippen LogP contribution < -0.4 is 5.32 Å². The summed E-state index contributed by atoms with van der Waals surface area (Å²) in [4.78, 5) is 4.50. The molecule has 112 valence electrons.